The van der Waals surface area contributed by atoms with Crippen molar-refractivity contribution in [3.05, 3.63) is 70.5 Å². The zero-order chi connectivity index (χ0) is 13.5. The molecule has 1 heterocycles. The molecule has 0 aliphatic rings. The van der Waals surface area contributed by atoms with E-state index in [-0.39, 0.29) is 0 Å². The highest BCUT2D eigenvalue weighted by molar-refractivity contribution is 14.1. The van der Waals surface area contributed by atoms with Crippen molar-refractivity contribution >= 4 is 44.3 Å². The highest BCUT2D eigenvalue weighted by Crippen LogP contribution is 2.39. The monoisotopic (exact) mass is 370 g/mol. The lowest BCUT2D eigenvalue weighted by atomic mass is 9.98. The molecule has 2 heteroatoms. The first-order valence-corrected chi connectivity index (χ1v) is 7.57. The smallest absolute Gasteiger partial charge is 0.143 e. The highest BCUT2D eigenvalue weighted by atomic mass is 127. The van der Waals surface area contributed by atoms with Crippen LogP contribution < -0.4 is 0 Å². The second kappa shape index (κ2) is 4.63. The van der Waals surface area contributed by atoms with E-state index in [9.17, 15) is 0 Å². The van der Waals surface area contributed by atoms with Crippen LogP contribution in [0.25, 0.3) is 32.9 Å². The minimum absolute atomic E-state index is 0.972. The molecule has 0 N–H and O–H groups in total. The van der Waals surface area contributed by atoms with Gasteiger partial charge in [0.25, 0.3) is 0 Å². The quantitative estimate of drug-likeness (QED) is 0.383. The molecule has 0 fully saturated rings. The lowest BCUT2D eigenvalue weighted by Gasteiger charge is -2.10. The molecule has 1 nitrogen and oxygen atoms in total. The molecule has 0 spiro atoms. The fourth-order valence-corrected chi connectivity index (χ4v) is 3.75. The number of hydrogen-bond acceptors (Lipinski definition) is 1. The summed E-state index contributed by atoms with van der Waals surface area (Å²) >= 11 is 2.43. The van der Waals surface area contributed by atoms with Crippen LogP contribution in [0.5, 0.6) is 0 Å². The molecule has 3 aromatic carbocycles. The maximum absolute atomic E-state index is 5.79. The van der Waals surface area contributed by atoms with Crippen molar-refractivity contribution in [3.63, 3.8) is 0 Å². The van der Waals surface area contributed by atoms with Crippen molar-refractivity contribution in [2.24, 2.45) is 0 Å². The summed E-state index contributed by atoms with van der Waals surface area (Å²) in [6.45, 7) is 0. The van der Waals surface area contributed by atoms with Crippen LogP contribution in [0.15, 0.2) is 71.3 Å². The first-order valence-electron chi connectivity index (χ1n) is 6.49. The third-order valence-electron chi connectivity index (χ3n) is 3.63. The van der Waals surface area contributed by atoms with E-state index < -0.39 is 0 Å². The molecule has 0 radical (unpaired) electrons. The van der Waals surface area contributed by atoms with Gasteiger partial charge in [-0.3, -0.25) is 0 Å². The van der Waals surface area contributed by atoms with Gasteiger partial charge in [0.15, 0.2) is 0 Å². The van der Waals surface area contributed by atoms with Crippen molar-refractivity contribution in [1.29, 1.82) is 0 Å². The maximum atomic E-state index is 5.79. The summed E-state index contributed by atoms with van der Waals surface area (Å²) in [6.07, 6.45) is 1.78. The first kappa shape index (κ1) is 12.0. The topological polar surface area (TPSA) is 13.1 Å². The zero-order valence-corrected chi connectivity index (χ0v) is 12.8. The molecule has 0 amide bonds. The average Bonchev–Trinajstić information content (AvgIpc) is 2.98. The third kappa shape index (κ3) is 1.68. The molecule has 20 heavy (non-hydrogen) atoms. The van der Waals surface area contributed by atoms with E-state index in [1.807, 2.05) is 6.07 Å². The van der Waals surface area contributed by atoms with Crippen molar-refractivity contribution in [1.82, 2.24) is 0 Å². The predicted octanol–water partition coefficient (Wildman–Crippen LogP) is 5.86. The molecule has 0 saturated carbocycles. The number of benzene rings is 3. The standard InChI is InChI=1S/C18H11IO/c19-17-14-9-5-4-8-13(14)15-10-11-20-18(15)16(17)12-6-2-1-3-7-12/h1-11H. The Morgan fingerprint density at radius 2 is 1.40 bits per heavy atom. The number of rotatable bonds is 1. The van der Waals surface area contributed by atoms with Gasteiger partial charge >= 0.3 is 0 Å². The van der Waals surface area contributed by atoms with Crippen LogP contribution in [0.4, 0.5) is 0 Å². The molecule has 0 bridgehead atoms. The molecule has 96 valence electrons. The lowest BCUT2D eigenvalue weighted by Crippen LogP contribution is -1.87. The molecular weight excluding hydrogens is 359 g/mol. The molecule has 1 aromatic heterocycles. The Bertz CT molecular complexity index is 907. The molecule has 0 aliphatic heterocycles. The Kier molecular flexibility index (Phi) is 2.77. The second-order valence-corrected chi connectivity index (χ2v) is 5.84. The Balaban J connectivity index is 2.24. The van der Waals surface area contributed by atoms with Gasteiger partial charge in [-0.05, 0) is 45.0 Å². The Morgan fingerprint density at radius 1 is 0.700 bits per heavy atom. The van der Waals surface area contributed by atoms with Gasteiger partial charge in [0.1, 0.15) is 5.58 Å². The first-order chi connectivity index (χ1) is 9.86. The van der Waals surface area contributed by atoms with Crippen molar-refractivity contribution in [2.45, 2.75) is 0 Å². The van der Waals surface area contributed by atoms with Crippen LogP contribution in [0.3, 0.4) is 0 Å². The lowest BCUT2D eigenvalue weighted by molar-refractivity contribution is 0.617. The number of hydrogen-bond donors (Lipinski definition) is 0. The van der Waals surface area contributed by atoms with Gasteiger partial charge in [0.2, 0.25) is 0 Å². The Hall–Kier alpha value is -1.81. The van der Waals surface area contributed by atoms with E-state index in [1.54, 1.807) is 6.26 Å². The van der Waals surface area contributed by atoms with E-state index in [2.05, 4.69) is 77.2 Å². The fraction of sp³-hybridized carbons (Fsp3) is 0. The third-order valence-corrected chi connectivity index (χ3v) is 4.75. The minimum Gasteiger partial charge on any atom is -0.464 e. The largest absolute Gasteiger partial charge is 0.464 e. The summed E-state index contributed by atoms with van der Waals surface area (Å²) in [5.41, 5.74) is 3.35. The average molecular weight is 370 g/mol. The van der Waals surface area contributed by atoms with Crippen LogP contribution in [0.1, 0.15) is 0 Å². The maximum Gasteiger partial charge on any atom is 0.143 e. The second-order valence-electron chi connectivity index (χ2n) is 4.76. The normalized spacial score (nSPS) is 11.2. The molecule has 0 atom stereocenters. The zero-order valence-electron chi connectivity index (χ0n) is 10.6. The van der Waals surface area contributed by atoms with E-state index in [4.69, 9.17) is 4.42 Å². The highest BCUT2D eigenvalue weighted by Gasteiger charge is 2.15. The molecule has 0 unspecified atom stereocenters. The fourth-order valence-electron chi connectivity index (χ4n) is 2.72. The van der Waals surface area contributed by atoms with E-state index >= 15 is 0 Å². The van der Waals surface area contributed by atoms with Gasteiger partial charge in [0.05, 0.1) is 6.26 Å². The van der Waals surface area contributed by atoms with Gasteiger partial charge in [-0.15, -0.1) is 0 Å². The van der Waals surface area contributed by atoms with Crippen LogP contribution in [-0.4, -0.2) is 0 Å². The van der Waals surface area contributed by atoms with Gasteiger partial charge in [-0.2, -0.15) is 0 Å². The van der Waals surface area contributed by atoms with E-state index in [0.29, 0.717) is 0 Å². The summed E-state index contributed by atoms with van der Waals surface area (Å²) < 4.78 is 7.03. The van der Waals surface area contributed by atoms with Gasteiger partial charge in [-0.1, -0.05) is 54.6 Å². The SMILES string of the molecule is Ic1c(-c2ccccc2)c2occc2c2ccccc12. The van der Waals surface area contributed by atoms with Gasteiger partial charge < -0.3 is 4.42 Å². The van der Waals surface area contributed by atoms with Crippen LogP contribution in [0.2, 0.25) is 0 Å². The Morgan fingerprint density at radius 3 is 2.20 bits per heavy atom. The number of halogens is 1. The van der Waals surface area contributed by atoms with E-state index in [0.717, 1.165) is 5.58 Å². The number of furan rings is 1. The summed E-state index contributed by atoms with van der Waals surface area (Å²) in [5.74, 6) is 0. The van der Waals surface area contributed by atoms with Crippen LogP contribution in [0, 0.1) is 3.57 Å². The summed E-state index contributed by atoms with van der Waals surface area (Å²) in [7, 11) is 0. The molecule has 4 rings (SSSR count). The van der Waals surface area contributed by atoms with Crippen LogP contribution >= 0.6 is 22.6 Å². The van der Waals surface area contributed by atoms with Crippen molar-refractivity contribution < 1.29 is 4.42 Å². The molecule has 4 aromatic rings. The number of fused-ring (bicyclic) bond motifs is 3. The van der Waals surface area contributed by atoms with Crippen LogP contribution in [-0.2, 0) is 0 Å². The van der Waals surface area contributed by atoms with Gasteiger partial charge in [0, 0.05) is 14.5 Å². The summed E-state index contributed by atoms with van der Waals surface area (Å²) in [4.78, 5) is 0. The Labute approximate surface area is 130 Å². The summed E-state index contributed by atoms with van der Waals surface area (Å²) in [6, 6.07) is 21.0. The summed E-state index contributed by atoms with van der Waals surface area (Å²) in [5, 5.41) is 3.71. The van der Waals surface area contributed by atoms with Crippen molar-refractivity contribution in [2.75, 3.05) is 0 Å². The predicted molar refractivity (Wildman–Crippen MR) is 91.9 cm³/mol. The molecule has 0 saturated heterocycles. The van der Waals surface area contributed by atoms with E-state index in [1.165, 1.54) is 30.9 Å². The molecular formula is C18H11IO. The van der Waals surface area contributed by atoms with Crippen molar-refractivity contribution in [3.8, 4) is 11.1 Å². The van der Waals surface area contributed by atoms with Gasteiger partial charge in [-0.25, -0.2) is 0 Å². The molecule has 0 aliphatic carbocycles. The minimum atomic E-state index is 0.972.